The number of aryl methyl sites for hydroxylation is 1. The summed E-state index contributed by atoms with van der Waals surface area (Å²) in [5.41, 5.74) is 3.51. The van der Waals surface area contributed by atoms with Gasteiger partial charge in [-0.05, 0) is 54.8 Å². The zero-order valence-electron chi connectivity index (χ0n) is 13.6. The van der Waals surface area contributed by atoms with Crippen LogP contribution in [0.3, 0.4) is 0 Å². The van der Waals surface area contributed by atoms with Crippen LogP contribution in [0.5, 0.6) is 0 Å². The fourth-order valence-electron chi connectivity index (χ4n) is 2.86. The largest absolute Gasteiger partial charge is 0.362 e. The normalized spacial score (nSPS) is 13.6. The number of primary sulfonamides is 1. The topological polar surface area (TPSA) is 92.5 Å². The van der Waals surface area contributed by atoms with Crippen molar-refractivity contribution >= 4 is 43.2 Å². The third-order valence-electron chi connectivity index (χ3n) is 4.15. The van der Waals surface area contributed by atoms with Gasteiger partial charge in [-0.25, -0.2) is 13.6 Å². The SMILES string of the molecule is Cc1cc(NC(=O)CN2CCc3ccc(S(N)(=O)=O)cc32)ccc1Br. The predicted octanol–water partition coefficient (Wildman–Crippen LogP) is 2.41. The average molecular weight is 424 g/mol. The molecule has 1 heterocycles. The fourth-order valence-corrected chi connectivity index (χ4v) is 3.64. The Labute approximate surface area is 155 Å². The van der Waals surface area contributed by atoms with Crippen LogP contribution in [0.2, 0.25) is 0 Å². The number of benzene rings is 2. The summed E-state index contributed by atoms with van der Waals surface area (Å²) in [6.07, 6.45) is 0.769. The maximum atomic E-state index is 12.3. The Hall–Kier alpha value is -1.90. The van der Waals surface area contributed by atoms with Gasteiger partial charge < -0.3 is 10.2 Å². The van der Waals surface area contributed by atoms with Crippen LogP contribution in [0.1, 0.15) is 11.1 Å². The fraction of sp³-hybridized carbons (Fsp3) is 0.235. The van der Waals surface area contributed by atoms with Crippen LogP contribution in [0, 0.1) is 6.92 Å². The molecule has 132 valence electrons. The number of sulfonamides is 1. The van der Waals surface area contributed by atoms with Gasteiger partial charge in [-0.1, -0.05) is 22.0 Å². The molecule has 0 saturated heterocycles. The van der Waals surface area contributed by atoms with Crippen molar-refractivity contribution in [2.24, 2.45) is 5.14 Å². The highest BCUT2D eigenvalue weighted by molar-refractivity contribution is 9.10. The zero-order valence-corrected chi connectivity index (χ0v) is 16.0. The van der Waals surface area contributed by atoms with Crippen LogP contribution in [0.4, 0.5) is 11.4 Å². The first-order chi connectivity index (χ1) is 11.7. The van der Waals surface area contributed by atoms with Crippen LogP contribution >= 0.6 is 15.9 Å². The van der Waals surface area contributed by atoms with Crippen molar-refractivity contribution in [2.45, 2.75) is 18.2 Å². The van der Waals surface area contributed by atoms with Crippen LogP contribution in [0.25, 0.3) is 0 Å². The van der Waals surface area contributed by atoms with E-state index in [1.165, 1.54) is 12.1 Å². The lowest BCUT2D eigenvalue weighted by Crippen LogP contribution is -2.32. The number of nitrogens with one attached hydrogen (secondary N) is 1. The number of nitrogens with zero attached hydrogens (tertiary/aromatic N) is 1. The lowest BCUT2D eigenvalue weighted by molar-refractivity contribution is -0.115. The second-order valence-corrected chi connectivity index (χ2v) is 8.43. The number of fused-ring (bicyclic) bond motifs is 1. The lowest BCUT2D eigenvalue weighted by Gasteiger charge is -2.19. The zero-order chi connectivity index (χ0) is 18.2. The maximum absolute atomic E-state index is 12.3. The molecule has 0 aliphatic carbocycles. The number of anilines is 2. The molecular weight excluding hydrogens is 406 g/mol. The Balaban J connectivity index is 1.75. The quantitative estimate of drug-likeness (QED) is 0.789. The molecule has 0 aromatic heterocycles. The van der Waals surface area contributed by atoms with E-state index in [0.29, 0.717) is 6.54 Å². The molecule has 8 heteroatoms. The van der Waals surface area contributed by atoms with E-state index in [-0.39, 0.29) is 17.3 Å². The first kappa shape index (κ1) is 17.9. The van der Waals surface area contributed by atoms with Crippen molar-refractivity contribution in [1.82, 2.24) is 0 Å². The second-order valence-electron chi connectivity index (χ2n) is 6.02. The number of rotatable bonds is 4. The smallest absolute Gasteiger partial charge is 0.243 e. The summed E-state index contributed by atoms with van der Waals surface area (Å²) in [6.45, 7) is 2.76. The van der Waals surface area contributed by atoms with E-state index in [0.717, 1.165) is 33.4 Å². The Morgan fingerprint density at radius 1 is 1.28 bits per heavy atom. The molecule has 2 aromatic carbocycles. The first-order valence-electron chi connectivity index (χ1n) is 7.71. The van der Waals surface area contributed by atoms with Gasteiger partial charge in [-0.15, -0.1) is 0 Å². The summed E-state index contributed by atoms with van der Waals surface area (Å²) < 4.78 is 24.1. The number of hydrogen-bond donors (Lipinski definition) is 2. The number of carbonyl (C=O) groups is 1. The highest BCUT2D eigenvalue weighted by atomic mass is 79.9. The number of amides is 1. The van der Waals surface area contributed by atoms with Crippen molar-refractivity contribution in [3.8, 4) is 0 Å². The third kappa shape index (κ3) is 4.02. The highest BCUT2D eigenvalue weighted by Crippen LogP contribution is 2.30. The van der Waals surface area contributed by atoms with Gasteiger partial charge in [0.15, 0.2) is 0 Å². The average Bonchev–Trinajstić information content (AvgIpc) is 2.92. The second kappa shape index (κ2) is 6.78. The molecule has 0 atom stereocenters. The standard InChI is InChI=1S/C17H18BrN3O3S/c1-11-8-13(3-5-15(11)18)20-17(22)10-21-7-6-12-2-4-14(9-16(12)21)25(19,23)24/h2-5,8-9H,6-7,10H2,1H3,(H,20,22)(H2,19,23,24). The number of carbonyl (C=O) groups excluding carboxylic acids is 1. The number of hydrogen-bond acceptors (Lipinski definition) is 4. The number of nitrogens with two attached hydrogens (primary N) is 1. The summed E-state index contributed by atoms with van der Waals surface area (Å²) in [7, 11) is -3.77. The molecule has 0 radical (unpaired) electrons. The predicted molar refractivity (Wildman–Crippen MR) is 101 cm³/mol. The molecule has 1 amide bonds. The molecule has 0 spiro atoms. The summed E-state index contributed by atoms with van der Waals surface area (Å²) in [5, 5.41) is 8.06. The molecule has 25 heavy (non-hydrogen) atoms. The first-order valence-corrected chi connectivity index (χ1v) is 10.0. The Kier molecular flexibility index (Phi) is 4.86. The minimum Gasteiger partial charge on any atom is -0.362 e. The molecule has 3 rings (SSSR count). The number of halogens is 1. The van der Waals surface area contributed by atoms with Crippen molar-refractivity contribution in [1.29, 1.82) is 0 Å². The Morgan fingerprint density at radius 2 is 2.04 bits per heavy atom. The van der Waals surface area contributed by atoms with Crippen molar-refractivity contribution < 1.29 is 13.2 Å². The summed E-state index contributed by atoms with van der Waals surface area (Å²) in [4.78, 5) is 14.3. The highest BCUT2D eigenvalue weighted by Gasteiger charge is 2.23. The van der Waals surface area contributed by atoms with Gasteiger partial charge in [-0.2, -0.15) is 0 Å². The van der Waals surface area contributed by atoms with Crippen molar-refractivity contribution in [2.75, 3.05) is 23.3 Å². The van der Waals surface area contributed by atoms with Gasteiger partial charge in [0.1, 0.15) is 0 Å². The third-order valence-corrected chi connectivity index (χ3v) is 5.95. The molecule has 0 bridgehead atoms. The summed E-state index contributed by atoms with van der Waals surface area (Å²) in [5.74, 6) is -0.157. The molecule has 1 aliphatic heterocycles. The molecule has 2 aromatic rings. The van der Waals surface area contributed by atoms with E-state index in [2.05, 4.69) is 21.2 Å². The van der Waals surface area contributed by atoms with E-state index < -0.39 is 10.0 Å². The van der Waals surface area contributed by atoms with Crippen LogP contribution in [-0.4, -0.2) is 27.4 Å². The van der Waals surface area contributed by atoms with Crippen LogP contribution in [0.15, 0.2) is 45.8 Å². The lowest BCUT2D eigenvalue weighted by atomic mass is 10.2. The molecule has 3 N–H and O–H groups in total. The minimum atomic E-state index is -3.77. The van der Waals surface area contributed by atoms with E-state index in [1.54, 1.807) is 6.07 Å². The van der Waals surface area contributed by atoms with Gasteiger partial charge >= 0.3 is 0 Å². The molecule has 6 nitrogen and oxygen atoms in total. The van der Waals surface area contributed by atoms with Crippen molar-refractivity contribution in [3.05, 3.63) is 52.0 Å². The molecule has 0 unspecified atom stereocenters. The Bertz CT molecular complexity index is 944. The van der Waals surface area contributed by atoms with E-state index in [4.69, 9.17) is 5.14 Å². The van der Waals surface area contributed by atoms with Crippen LogP contribution in [-0.2, 0) is 21.2 Å². The molecule has 0 fully saturated rings. The molecule has 1 aliphatic rings. The van der Waals surface area contributed by atoms with Gasteiger partial charge in [0, 0.05) is 22.4 Å². The minimum absolute atomic E-state index is 0.0575. The Morgan fingerprint density at radius 3 is 2.72 bits per heavy atom. The monoisotopic (exact) mass is 423 g/mol. The van der Waals surface area contributed by atoms with E-state index in [9.17, 15) is 13.2 Å². The van der Waals surface area contributed by atoms with Gasteiger partial charge in [0.25, 0.3) is 0 Å². The van der Waals surface area contributed by atoms with Gasteiger partial charge in [-0.3, -0.25) is 4.79 Å². The van der Waals surface area contributed by atoms with Gasteiger partial charge in [0.2, 0.25) is 15.9 Å². The molecular formula is C17H18BrN3O3S. The van der Waals surface area contributed by atoms with Crippen molar-refractivity contribution in [3.63, 3.8) is 0 Å². The van der Waals surface area contributed by atoms with E-state index in [1.807, 2.05) is 30.0 Å². The summed E-state index contributed by atoms with van der Waals surface area (Å²) in [6, 6.07) is 10.4. The maximum Gasteiger partial charge on any atom is 0.243 e. The van der Waals surface area contributed by atoms with Gasteiger partial charge in [0.05, 0.1) is 11.4 Å². The van der Waals surface area contributed by atoms with E-state index >= 15 is 0 Å². The van der Waals surface area contributed by atoms with Crippen LogP contribution < -0.4 is 15.4 Å². The molecule has 0 saturated carbocycles. The summed E-state index contributed by atoms with van der Waals surface area (Å²) >= 11 is 3.43.